The zero-order valence-electron chi connectivity index (χ0n) is 10.3. The van der Waals surface area contributed by atoms with Crippen molar-refractivity contribution in [2.75, 3.05) is 5.32 Å². The number of amides is 1. The quantitative estimate of drug-likeness (QED) is 0.824. The Morgan fingerprint density at radius 3 is 2.89 bits per heavy atom. The fraction of sp³-hybridized carbons (Fsp3) is 0.154. The molecule has 1 aromatic heterocycles. The normalized spacial score (nSPS) is 10.2. The number of hydrogen-bond acceptors (Lipinski definition) is 3. The van der Waals surface area contributed by atoms with Crippen LogP contribution in [0.15, 0.2) is 36.7 Å². The maximum Gasteiger partial charge on any atom is 0.409 e. The van der Waals surface area contributed by atoms with E-state index in [9.17, 15) is 9.59 Å². The van der Waals surface area contributed by atoms with E-state index in [1.54, 1.807) is 23.0 Å². The van der Waals surface area contributed by atoms with Crippen LogP contribution in [0.4, 0.5) is 10.5 Å². The van der Waals surface area contributed by atoms with Crippen LogP contribution in [0, 0.1) is 0 Å². The molecule has 1 aromatic carbocycles. The summed E-state index contributed by atoms with van der Waals surface area (Å²) in [5.41, 5.74) is 1.99. The summed E-state index contributed by atoms with van der Waals surface area (Å²) in [5.74, 6) is 0.00977. The zero-order valence-corrected chi connectivity index (χ0v) is 10.3. The lowest BCUT2D eigenvalue weighted by Crippen LogP contribution is -2.06. The maximum absolute atomic E-state index is 11.3. The van der Waals surface area contributed by atoms with Gasteiger partial charge in [-0.1, -0.05) is 18.2 Å². The summed E-state index contributed by atoms with van der Waals surface area (Å²) in [6.45, 7) is 1.99. The third-order valence-corrected chi connectivity index (χ3v) is 2.56. The number of Topliss-reactive ketones (excluding diaryl/α,β-unsaturated/α-hetero) is 1. The van der Waals surface area contributed by atoms with Crippen LogP contribution in [-0.4, -0.2) is 26.8 Å². The summed E-state index contributed by atoms with van der Waals surface area (Å²) in [5, 5.41) is 14.8. The number of aromatic nitrogens is 2. The van der Waals surface area contributed by atoms with Gasteiger partial charge in [-0.2, -0.15) is 5.10 Å². The van der Waals surface area contributed by atoms with Crippen molar-refractivity contribution in [1.82, 2.24) is 9.78 Å². The number of rotatable bonds is 4. The highest BCUT2D eigenvalue weighted by molar-refractivity contribution is 5.94. The minimum atomic E-state index is -1.13. The molecule has 6 heteroatoms. The van der Waals surface area contributed by atoms with Crippen molar-refractivity contribution in [1.29, 1.82) is 0 Å². The molecule has 0 bridgehead atoms. The SMILES string of the molecule is CC(=O)c1cccc(Cn2cc(NC(=O)O)cn2)c1. The molecule has 0 aliphatic carbocycles. The Bertz CT molecular complexity index is 619. The molecule has 0 spiro atoms. The average molecular weight is 259 g/mol. The van der Waals surface area contributed by atoms with E-state index in [-0.39, 0.29) is 5.78 Å². The maximum atomic E-state index is 11.3. The first-order valence-corrected chi connectivity index (χ1v) is 5.67. The Morgan fingerprint density at radius 1 is 1.42 bits per heavy atom. The van der Waals surface area contributed by atoms with Gasteiger partial charge in [0, 0.05) is 11.8 Å². The molecule has 1 amide bonds. The molecular formula is C13H13N3O3. The van der Waals surface area contributed by atoms with Crippen molar-refractivity contribution in [3.05, 3.63) is 47.8 Å². The van der Waals surface area contributed by atoms with Gasteiger partial charge in [0.2, 0.25) is 0 Å². The van der Waals surface area contributed by atoms with Crippen LogP contribution in [0.25, 0.3) is 0 Å². The first-order valence-electron chi connectivity index (χ1n) is 5.67. The molecule has 2 rings (SSSR count). The summed E-state index contributed by atoms with van der Waals surface area (Å²) in [4.78, 5) is 21.7. The molecule has 2 aromatic rings. The number of carbonyl (C=O) groups is 2. The fourth-order valence-electron chi connectivity index (χ4n) is 1.71. The number of hydrogen-bond donors (Lipinski definition) is 2. The lowest BCUT2D eigenvalue weighted by atomic mass is 10.1. The average Bonchev–Trinajstić information content (AvgIpc) is 2.76. The van der Waals surface area contributed by atoms with E-state index in [1.165, 1.54) is 13.1 Å². The van der Waals surface area contributed by atoms with E-state index in [0.717, 1.165) is 5.56 Å². The van der Waals surface area contributed by atoms with Gasteiger partial charge < -0.3 is 5.11 Å². The van der Waals surface area contributed by atoms with Gasteiger partial charge >= 0.3 is 6.09 Å². The third-order valence-electron chi connectivity index (χ3n) is 2.56. The van der Waals surface area contributed by atoms with Crippen molar-refractivity contribution in [3.8, 4) is 0 Å². The van der Waals surface area contributed by atoms with Gasteiger partial charge in [-0.15, -0.1) is 0 Å². The molecule has 19 heavy (non-hydrogen) atoms. The number of anilines is 1. The molecule has 0 aliphatic rings. The van der Waals surface area contributed by atoms with Gasteiger partial charge in [0.1, 0.15) is 0 Å². The molecule has 0 aliphatic heterocycles. The van der Waals surface area contributed by atoms with Crippen LogP contribution in [0.3, 0.4) is 0 Å². The van der Waals surface area contributed by atoms with E-state index < -0.39 is 6.09 Å². The molecule has 0 unspecified atom stereocenters. The number of ketones is 1. The predicted molar refractivity (Wildman–Crippen MR) is 69.4 cm³/mol. The molecule has 2 N–H and O–H groups in total. The van der Waals surface area contributed by atoms with Crippen molar-refractivity contribution >= 4 is 17.6 Å². The standard InChI is InChI=1S/C13H13N3O3/c1-9(17)11-4-2-3-10(5-11)7-16-8-12(6-14-16)15-13(18)19/h2-6,8,15H,7H2,1H3,(H,18,19). The van der Waals surface area contributed by atoms with Gasteiger partial charge in [0.05, 0.1) is 18.4 Å². The highest BCUT2D eigenvalue weighted by Crippen LogP contribution is 2.10. The fourth-order valence-corrected chi connectivity index (χ4v) is 1.71. The molecule has 6 nitrogen and oxygen atoms in total. The van der Waals surface area contributed by atoms with E-state index >= 15 is 0 Å². The second kappa shape index (κ2) is 5.34. The van der Waals surface area contributed by atoms with E-state index in [2.05, 4.69) is 10.4 Å². The number of carboxylic acid groups (broad SMARTS) is 1. The Hall–Kier alpha value is -2.63. The molecule has 98 valence electrons. The Balaban J connectivity index is 2.12. The van der Waals surface area contributed by atoms with Crippen molar-refractivity contribution in [2.45, 2.75) is 13.5 Å². The second-order valence-electron chi connectivity index (χ2n) is 4.11. The highest BCUT2D eigenvalue weighted by atomic mass is 16.4. The zero-order chi connectivity index (χ0) is 13.8. The van der Waals surface area contributed by atoms with E-state index in [1.807, 2.05) is 12.1 Å². The van der Waals surface area contributed by atoms with Gasteiger partial charge in [-0.05, 0) is 18.6 Å². The third kappa shape index (κ3) is 3.41. The van der Waals surface area contributed by atoms with Crippen LogP contribution in [0.5, 0.6) is 0 Å². The summed E-state index contributed by atoms with van der Waals surface area (Å²) < 4.78 is 1.60. The number of carbonyl (C=O) groups excluding carboxylic acids is 1. The monoisotopic (exact) mass is 259 g/mol. The molecule has 0 atom stereocenters. The van der Waals surface area contributed by atoms with Gasteiger partial charge in [-0.25, -0.2) is 4.79 Å². The van der Waals surface area contributed by atoms with Crippen LogP contribution >= 0.6 is 0 Å². The molecule has 1 heterocycles. The highest BCUT2D eigenvalue weighted by Gasteiger charge is 2.04. The minimum absolute atomic E-state index is 0.00977. The van der Waals surface area contributed by atoms with Crippen LogP contribution < -0.4 is 5.32 Å². The summed E-state index contributed by atoms with van der Waals surface area (Å²) in [6, 6.07) is 7.26. The Labute approximate surface area is 109 Å². The van der Waals surface area contributed by atoms with E-state index in [0.29, 0.717) is 17.8 Å². The first kappa shape index (κ1) is 12.8. The molecule has 0 saturated heterocycles. The Morgan fingerprint density at radius 2 is 2.21 bits per heavy atom. The van der Waals surface area contributed by atoms with Crippen molar-refractivity contribution in [3.63, 3.8) is 0 Å². The van der Waals surface area contributed by atoms with Crippen LogP contribution in [-0.2, 0) is 6.54 Å². The van der Waals surface area contributed by atoms with E-state index in [4.69, 9.17) is 5.11 Å². The molecule has 0 radical (unpaired) electrons. The van der Waals surface area contributed by atoms with Gasteiger partial charge in [0.25, 0.3) is 0 Å². The predicted octanol–water partition coefficient (Wildman–Crippen LogP) is 2.22. The van der Waals surface area contributed by atoms with Crippen LogP contribution in [0.1, 0.15) is 22.8 Å². The van der Waals surface area contributed by atoms with Gasteiger partial charge in [0.15, 0.2) is 5.78 Å². The lowest BCUT2D eigenvalue weighted by molar-refractivity contribution is 0.101. The van der Waals surface area contributed by atoms with Crippen molar-refractivity contribution in [2.24, 2.45) is 0 Å². The number of nitrogens with zero attached hydrogens (tertiary/aromatic N) is 2. The lowest BCUT2D eigenvalue weighted by Gasteiger charge is -2.03. The Kier molecular flexibility index (Phi) is 3.61. The molecular weight excluding hydrogens is 246 g/mol. The first-order chi connectivity index (χ1) is 9.04. The van der Waals surface area contributed by atoms with Gasteiger partial charge in [-0.3, -0.25) is 14.8 Å². The molecule has 0 saturated carbocycles. The van der Waals surface area contributed by atoms with Crippen LogP contribution in [0.2, 0.25) is 0 Å². The second-order valence-corrected chi connectivity index (χ2v) is 4.11. The summed E-state index contributed by atoms with van der Waals surface area (Å²) >= 11 is 0. The molecule has 0 fully saturated rings. The summed E-state index contributed by atoms with van der Waals surface area (Å²) in [6.07, 6.45) is 1.90. The topological polar surface area (TPSA) is 84.2 Å². The largest absolute Gasteiger partial charge is 0.465 e. The smallest absolute Gasteiger partial charge is 0.409 e. The minimum Gasteiger partial charge on any atom is -0.465 e. The van der Waals surface area contributed by atoms with Crippen molar-refractivity contribution < 1.29 is 14.7 Å². The summed E-state index contributed by atoms with van der Waals surface area (Å²) in [7, 11) is 0. The number of benzene rings is 1. The number of nitrogens with one attached hydrogen (secondary N) is 1.